The summed E-state index contributed by atoms with van der Waals surface area (Å²) in [5, 5.41) is 0.409. The molecule has 0 unspecified atom stereocenters. The van der Waals surface area contributed by atoms with Gasteiger partial charge in [0.1, 0.15) is 11.8 Å². The van der Waals surface area contributed by atoms with E-state index in [-0.39, 0.29) is 5.75 Å². The molecule has 0 spiro atoms. The van der Waals surface area contributed by atoms with Gasteiger partial charge in [0.25, 0.3) is 0 Å². The zero-order valence-electron chi connectivity index (χ0n) is 11.7. The maximum atomic E-state index is 14.1. The molecule has 0 bridgehead atoms. The lowest BCUT2D eigenvalue weighted by atomic mass is 10.1. The van der Waals surface area contributed by atoms with Gasteiger partial charge in [-0.1, -0.05) is 48.0 Å². The first kappa shape index (κ1) is 14.5. The third-order valence-corrected chi connectivity index (χ3v) is 3.45. The zero-order valence-corrected chi connectivity index (χ0v) is 12.4. The largest absolute Gasteiger partial charge is 0.486 e. The normalized spacial score (nSPS) is 10.5. The fraction of sp³-hybridized carbons (Fsp3) is 0.0556. The molecule has 0 N–H and O–H groups in total. The van der Waals surface area contributed by atoms with Crippen molar-refractivity contribution in [1.29, 1.82) is 0 Å². The summed E-state index contributed by atoms with van der Waals surface area (Å²) in [5.41, 5.74) is 2.53. The summed E-state index contributed by atoms with van der Waals surface area (Å²) in [6, 6.07) is 18.0. The second-order valence-corrected chi connectivity index (χ2v) is 5.18. The standard InChI is InChI=1S/C18H13ClFNO/c19-18-9-7-15(11-21-18)14-6-8-17(16(20)10-14)22-12-13-4-2-1-3-5-13/h1-11H,12H2. The Balaban J connectivity index is 1.76. The fourth-order valence-corrected chi connectivity index (χ4v) is 2.19. The van der Waals surface area contributed by atoms with Crippen LogP contribution in [0.5, 0.6) is 5.75 Å². The molecule has 3 rings (SSSR count). The molecule has 22 heavy (non-hydrogen) atoms. The van der Waals surface area contributed by atoms with Crippen molar-refractivity contribution >= 4 is 11.6 Å². The first-order valence-corrected chi connectivity index (χ1v) is 7.18. The first-order valence-electron chi connectivity index (χ1n) is 6.80. The molecule has 4 heteroatoms. The summed E-state index contributed by atoms with van der Waals surface area (Å²) in [5.74, 6) is -0.169. The van der Waals surface area contributed by atoms with Crippen LogP contribution in [0.25, 0.3) is 11.1 Å². The minimum absolute atomic E-state index is 0.231. The number of pyridine rings is 1. The van der Waals surface area contributed by atoms with Gasteiger partial charge in [-0.15, -0.1) is 0 Å². The molecule has 0 saturated carbocycles. The van der Waals surface area contributed by atoms with Gasteiger partial charge in [-0.2, -0.15) is 0 Å². The molecule has 0 aliphatic rings. The predicted octanol–water partition coefficient (Wildman–Crippen LogP) is 5.12. The minimum atomic E-state index is -0.400. The van der Waals surface area contributed by atoms with Crippen LogP contribution >= 0.6 is 11.6 Å². The summed E-state index contributed by atoms with van der Waals surface area (Å²) in [4.78, 5) is 4.00. The Morgan fingerprint density at radius 2 is 1.73 bits per heavy atom. The molecule has 3 aromatic rings. The number of nitrogens with zero attached hydrogens (tertiary/aromatic N) is 1. The van der Waals surface area contributed by atoms with Gasteiger partial charge in [0, 0.05) is 11.8 Å². The van der Waals surface area contributed by atoms with Crippen molar-refractivity contribution in [3.05, 3.63) is 83.4 Å². The molecule has 2 nitrogen and oxygen atoms in total. The molecule has 0 radical (unpaired) electrons. The number of hydrogen-bond donors (Lipinski definition) is 0. The van der Waals surface area contributed by atoms with E-state index in [0.717, 1.165) is 16.7 Å². The number of aromatic nitrogens is 1. The summed E-state index contributed by atoms with van der Waals surface area (Å²) in [6.45, 7) is 0.333. The number of rotatable bonds is 4. The van der Waals surface area contributed by atoms with E-state index in [1.165, 1.54) is 6.07 Å². The maximum Gasteiger partial charge on any atom is 0.165 e. The minimum Gasteiger partial charge on any atom is -0.486 e. The zero-order chi connectivity index (χ0) is 15.4. The second kappa shape index (κ2) is 6.58. The van der Waals surface area contributed by atoms with Crippen molar-refractivity contribution in [3.8, 4) is 16.9 Å². The molecule has 110 valence electrons. The highest BCUT2D eigenvalue weighted by molar-refractivity contribution is 6.29. The summed E-state index contributed by atoms with van der Waals surface area (Å²) >= 11 is 5.75. The van der Waals surface area contributed by atoms with Crippen LogP contribution in [-0.2, 0) is 6.61 Å². The first-order chi connectivity index (χ1) is 10.7. The van der Waals surface area contributed by atoms with E-state index in [1.807, 2.05) is 30.3 Å². The number of benzene rings is 2. The van der Waals surface area contributed by atoms with Crippen LogP contribution in [0.15, 0.2) is 66.9 Å². The van der Waals surface area contributed by atoms with Crippen LogP contribution in [0.1, 0.15) is 5.56 Å². The van der Waals surface area contributed by atoms with E-state index < -0.39 is 5.82 Å². The number of halogens is 2. The van der Waals surface area contributed by atoms with Crippen LogP contribution in [0, 0.1) is 5.82 Å². The second-order valence-electron chi connectivity index (χ2n) is 4.79. The molecule has 1 heterocycles. The SMILES string of the molecule is Fc1cc(-c2ccc(Cl)nc2)ccc1OCc1ccccc1. The third-order valence-electron chi connectivity index (χ3n) is 3.23. The quantitative estimate of drug-likeness (QED) is 0.624. The van der Waals surface area contributed by atoms with Crippen molar-refractivity contribution in [2.75, 3.05) is 0 Å². The summed E-state index contributed by atoms with van der Waals surface area (Å²) in [6.07, 6.45) is 1.61. The lowest BCUT2D eigenvalue weighted by Gasteiger charge is -2.09. The van der Waals surface area contributed by atoms with Gasteiger partial charge in [0.05, 0.1) is 0 Å². The molecule has 2 aromatic carbocycles. The van der Waals surface area contributed by atoms with E-state index in [4.69, 9.17) is 16.3 Å². The lowest BCUT2D eigenvalue weighted by molar-refractivity contribution is 0.290. The highest BCUT2D eigenvalue weighted by Crippen LogP contribution is 2.26. The predicted molar refractivity (Wildman–Crippen MR) is 85.4 cm³/mol. The molecule has 0 fully saturated rings. The molecule has 0 atom stereocenters. The lowest BCUT2D eigenvalue weighted by Crippen LogP contribution is -1.97. The van der Waals surface area contributed by atoms with Crippen LogP contribution < -0.4 is 4.74 Å². The maximum absolute atomic E-state index is 14.1. The summed E-state index contributed by atoms with van der Waals surface area (Å²) < 4.78 is 19.7. The van der Waals surface area contributed by atoms with Gasteiger partial charge < -0.3 is 4.74 Å². The van der Waals surface area contributed by atoms with Crippen molar-refractivity contribution in [2.24, 2.45) is 0 Å². The van der Waals surface area contributed by atoms with Gasteiger partial charge in [0.15, 0.2) is 11.6 Å². The average molecular weight is 314 g/mol. The Bertz CT molecular complexity index is 760. The van der Waals surface area contributed by atoms with E-state index in [2.05, 4.69) is 4.98 Å². The van der Waals surface area contributed by atoms with Gasteiger partial charge >= 0.3 is 0 Å². The van der Waals surface area contributed by atoms with E-state index in [0.29, 0.717) is 11.8 Å². The van der Waals surface area contributed by atoms with Crippen molar-refractivity contribution in [3.63, 3.8) is 0 Å². The van der Waals surface area contributed by atoms with Crippen molar-refractivity contribution < 1.29 is 9.13 Å². The molecular formula is C18H13ClFNO. The Labute approximate surface area is 133 Å². The Morgan fingerprint density at radius 3 is 2.41 bits per heavy atom. The van der Waals surface area contributed by atoms with E-state index >= 15 is 0 Å². The Hall–Kier alpha value is -2.39. The molecule has 1 aromatic heterocycles. The average Bonchev–Trinajstić information content (AvgIpc) is 2.55. The molecular weight excluding hydrogens is 301 g/mol. The molecule has 0 amide bonds. The fourth-order valence-electron chi connectivity index (χ4n) is 2.08. The number of ether oxygens (including phenoxy) is 1. The molecule has 0 saturated heterocycles. The van der Waals surface area contributed by atoms with Crippen LogP contribution in [-0.4, -0.2) is 4.98 Å². The van der Waals surface area contributed by atoms with Gasteiger partial charge in [-0.25, -0.2) is 9.37 Å². The van der Waals surface area contributed by atoms with Crippen molar-refractivity contribution in [1.82, 2.24) is 4.98 Å². The van der Waals surface area contributed by atoms with Crippen LogP contribution in [0.3, 0.4) is 0 Å². The highest BCUT2D eigenvalue weighted by atomic mass is 35.5. The van der Waals surface area contributed by atoms with Gasteiger partial charge in [-0.3, -0.25) is 0 Å². The summed E-state index contributed by atoms with van der Waals surface area (Å²) in [7, 11) is 0. The Morgan fingerprint density at radius 1 is 0.955 bits per heavy atom. The van der Waals surface area contributed by atoms with E-state index in [9.17, 15) is 4.39 Å². The monoisotopic (exact) mass is 313 g/mol. The van der Waals surface area contributed by atoms with Crippen LogP contribution in [0.2, 0.25) is 5.15 Å². The topological polar surface area (TPSA) is 22.1 Å². The third kappa shape index (κ3) is 3.43. The van der Waals surface area contributed by atoms with Gasteiger partial charge in [-0.05, 0) is 35.4 Å². The van der Waals surface area contributed by atoms with Crippen LogP contribution in [0.4, 0.5) is 4.39 Å². The molecule has 0 aliphatic carbocycles. The molecule has 0 aliphatic heterocycles. The highest BCUT2D eigenvalue weighted by Gasteiger charge is 2.07. The van der Waals surface area contributed by atoms with Gasteiger partial charge in [0.2, 0.25) is 0 Å². The van der Waals surface area contributed by atoms with E-state index in [1.54, 1.807) is 30.5 Å². The smallest absolute Gasteiger partial charge is 0.165 e. The Kier molecular flexibility index (Phi) is 4.35. The number of hydrogen-bond acceptors (Lipinski definition) is 2. The van der Waals surface area contributed by atoms with Crippen molar-refractivity contribution in [2.45, 2.75) is 6.61 Å².